The number of anilines is 1. The summed E-state index contributed by atoms with van der Waals surface area (Å²) in [6.45, 7) is 2.06. The second-order valence-electron chi connectivity index (χ2n) is 5.51. The van der Waals surface area contributed by atoms with Gasteiger partial charge in [0.15, 0.2) is 6.10 Å². The topological polar surface area (TPSA) is 81.8 Å². The average molecular weight is 361 g/mol. The van der Waals surface area contributed by atoms with Crippen molar-refractivity contribution in [2.45, 2.75) is 29.6 Å². The number of hydrogen-bond donors (Lipinski definition) is 2. The Morgan fingerprint density at radius 3 is 2.44 bits per heavy atom. The molecule has 0 unspecified atom stereocenters. The molecule has 0 aliphatic carbocycles. The highest BCUT2D eigenvalue weighted by Crippen LogP contribution is 2.41. The molecule has 0 saturated heterocycles. The number of carbonyl (C=O) groups is 1. The zero-order chi connectivity index (χ0) is 18.4. The number of aliphatic hydroxyl groups excluding tert-OH is 1. The predicted octanol–water partition coefficient (Wildman–Crippen LogP) is 3.21. The third kappa shape index (κ3) is 4.67. The van der Waals surface area contributed by atoms with Crippen molar-refractivity contribution in [1.82, 2.24) is 0 Å². The fraction of sp³-hybridized carbons (Fsp3) is 0.316. The SMILES string of the molecule is CCc1ccc(N)c(S[C@@H](c2ccc(OC)cc2)[C@@H](O)C(=O)OC)c1. The maximum absolute atomic E-state index is 11.9. The first-order valence-corrected chi connectivity index (χ1v) is 8.83. The molecule has 0 radical (unpaired) electrons. The lowest BCUT2D eigenvalue weighted by molar-refractivity contribution is -0.150. The second-order valence-corrected chi connectivity index (χ2v) is 6.69. The van der Waals surface area contributed by atoms with Gasteiger partial charge in [0.25, 0.3) is 0 Å². The largest absolute Gasteiger partial charge is 0.497 e. The first-order valence-electron chi connectivity index (χ1n) is 7.95. The summed E-state index contributed by atoms with van der Waals surface area (Å²) < 4.78 is 9.88. The number of rotatable bonds is 7. The fourth-order valence-corrected chi connectivity index (χ4v) is 3.62. The van der Waals surface area contributed by atoms with Crippen LogP contribution in [0.5, 0.6) is 5.75 Å². The van der Waals surface area contributed by atoms with Crippen LogP contribution in [0.3, 0.4) is 0 Å². The number of benzene rings is 2. The minimum atomic E-state index is -1.31. The van der Waals surface area contributed by atoms with Gasteiger partial charge in [-0.05, 0) is 41.8 Å². The number of esters is 1. The van der Waals surface area contributed by atoms with Crippen LogP contribution in [0.1, 0.15) is 23.3 Å². The summed E-state index contributed by atoms with van der Waals surface area (Å²) in [4.78, 5) is 12.7. The van der Waals surface area contributed by atoms with E-state index in [2.05, 4.69) is 6.92 Å². The normalized spacial score (nSPS) is 13.1. The molecule has 6 heteroatoms. The first kappa shape index (κ1) is 19.1. The van der Waals surface area contributed by atoms with Gasteiger partial charge in [0.2, 0.25) is 0 Å². The number of nitrogens with two attached hydrogens (primary N) is 1. The van der Waals surface area contributed by atoms with Crippen molar-refractivity contribution >= 4 is 23.4 Å². The van der Waals surface area contributed by atoms with Crippen molar-refractivity contribution in [2.75, 3.05) is 20.0 Å². The van der Waals surface area contributed by atoms with Crippen LogP contribution in [0.2, 0.25) is 0 Å². The summed E-state index contributed by atoms with van der Waals surface area (Å²) in [5.74, 6) is 0.0195. The van der Waals surface area contributed by atoms with Gasteiger partial charge in [-0.25, -0.2) is 4.79 Å². The molecular weight excluding hydrogens is 338 g/mol. The van der Waals surface area contributed by atoms with Crippen LogP contribution in [-0.2, 0) is 16.0 Å². The van der Waals surface area contributed by atoms with Gasteiger partial charge in [0, 0.05) is 10.6 Å². The van der Waals surface area contributed by atoms with E-state index >= 15 is 0 Å². The molecule has 0 aliphatic heterocycles. The molecule has 5 nitrogen and oxygen atoms in total. The smallest absolute Gasteiger partial charge is 0.336 e. The molecule has 3 N–H and O–H groups in total. The Labute approximate surface area is 152 Å². The Bertz CT molecular complexity index is 718. The Morgan fingerprint density at radius 2 is 1.88 bits per heavy atom. The second kappa shape index (κ2) is 8.78. The third-order valence-electron chi connectivity index (χ3n) is 3.91. The molecule has 0 heterocycles. The van der Waals surface area contributed by atoms with Gasteiger partial charge in [0.1, 0.15) is 5.75 Å². The standard InChI is InChI=1S/C19H23NO4S/c1-4-12-5-10-15(20)16(11-12)25-18(17(21)19(22)24-3)13-6-8-14(23-2)9-7-13/h5-11,17-18,21H,4,20H2,1-3H3/t17-,18+/m1/s1. The highest BCUT2D eigenvalue weighted by atomic mass is 32.2. The molecule has 0 fully saturated rings. The Balaban J connectivity index is 2.38. The van der Waals surface area contributed by atoms with E-state index in [-0.39, 0.29) is 0 Å². The van der Waals surface area contributed by atoms with Crippen LogP contribution in [0.4, 0.5) is 5.69 Å². The molecular formula is C19H23NO4S. The van der Waals surface area contributed by atoms with E-state index in [9.17, 15) is 9.90 Å². The summed E-state index contributed by atoms with van der Waals surface area (Å²) >= 11 is 1.35. The van der Waals surface area contributed by atoms with E-state index < -0.39 is 17.3 Å². The Kier molecular flexibility index (Phi) is 6.73. The summed E-state index contributed by atoms with van der Waals surface area (Å²) in [5, 5.41) is 9.92. The molecule has 0 aromatic heterocycles. The van der Waals surface area contributed by atoms with Crippen LogP contribution in [0.15, 0.2) is 47.4 Å². The van der Waals surface area contributed by atoms with Gasteiger partial charge in [0.05, 0.1) is 19.5 Å². The van der Waals surface area contributed by atoms with E-state index in [0.717, 1.165) is 22.4 Å². The molecule has 0 saturated carbocycles. The summed E-state index contributed by atoms with van der Waals surface area (Å²) in [6.07, 6.45) is -0.436. The third-order valence-corrected chi connectivity index (χ3v) is 5.31. The van der Waals surface area contributed by atoms with Crippen LogP contribution < -0.4 is 10.5 Å². The van der Waals surface area contributed by atoms with Crippen molar-refractivity contribution in [3.8, 4) is 5.75 Å². The van der Waals surface area contributed by atoms with Crippen LogP contribution in [-0.4, -0.2) is 31.4 Å². The Hall–Kier alpha value is -2.18. The number of aryl methyl sites for hydroxylation is 1. The highest BCUT2D eigenvalue weighted by molar-refractivity contribution is 7.99. The molecule has 2 aromatic carbocycles. The van der Waals surface area contributed by atoms with Gasteiger partial charge in [-0.3, -0.25) is 0 Å². The van der Waals surface area contributed by atoms with Crippen LogP contribution in [0.25, 0.3) is 0 Å². The number of hydrogen-bond acceptors (Lipinski definition) is 6. The van der Waals surface area contributed by atoms with E-state index in [0.29, 0.717) is 11.4 Å². The van der Waals surface area contributed by atoms with Gasteiger partial charge in [-0.2, -0.15) is 0 Å². The minimum Gasteiger partial charge on any atom is -0.497 e. The lowest BCUT2D eigenvalue weighted by Gasteiger charge is -2.22. The molecule has 0 amide bonds. The number of aliphatic hydroxyl groups is 1. The Morgan fingerprint density at radius 1 is 1.20 bits per heavy atom. The van der Waals surface area contributed by atoms with Crippen molar-refractivity contribution < 1.29 is 19.4 Å². The maximum Gasteiger partial charge on any atom is 0.336 e. The monoisotopic (exact) mass is 361 g/mol. The zero-order valence-corrected chi connectivity index (χ0v) is 15.4. The molecule has 0 aliphatic rings. The van der Waals surface area contributed by atoms with Crippen LogP contribution >= 0.6 is 11.8 Å². The van der Waals surface area contributed by atoms with E-state index in [1.165, 1.54) is 18.9 Å². The molecule has 2 rings (SSSR count). The van der Waals surface area contributed by atoms with Gasteiger partial charge < -0.3 is 20.3 Å². The highest BCUT2D eigenvalue weighted by Gasteiger charge is 2.30. The molecule has 2 aromatic rings. The molecule has 0 spiro atoms. The maximum atomic E-state index is 11.9. The number of carbonyl (C=O) groups excluding carboxylic acids is 1. The average Bonchev–Trinajstić information content (AvgIpc) is 2.66. The van der Waals surface area contributed by atoms with E-state index in [1.807, 2.05) is 30.3 Å². The van der Waals surface area contributed by atoms with Crippen molar-refractivity contribution in [3.05, 3.63) is 53.6 Å². The zero-order valence-electron chi connectivity index (χ0n) is 14.6. The van der Waals surface area contributed by atoms with Crippen molar-refractivity contribution in [2.24, 2.45) is 0 Å². The summed E-state index contributed by atoms with van der Waals surface area (Å²) in [7, 11) is 2.84. The van der Waals surface area contributed by atoms with E-state index in [1.54, 1.807) is 19.2 Å². The molecule has 25 heavy (non-hydrogen) atoms. The number of thioether (sulfide) groups is 1. The molecule has 0 bridgehead atoms. The quantitative estimate of drug-likeness (QED) is 0.448. The lowest BCUT2D eigenvalue weighted by atomic mass is 10.1. The fourth-order valence-electron chi connectivity index (χ4n) is 2.39. The minimum absolute atomic E-state index is 0.548. The molecule has 2 atom stereocenters. The number of methoxy groups -OCH3 is 2. The predicted molar refractivity (Wildman–Crippen MR) is 99.8 cm³/mol. The summed E-state index contributed by atoms with van der Waals surface area (Å²) in [5.41, 5.74) is 8.61. The summed E-state index contributed by atoms with van der Waals surface area (Å²) in [6, 6.07) is 13.0. The van der Waals surface area contributed by atoms with E-state index in [4.69, 9.17) is 15.2 Å². The van der Waals surface area contributed by atoms with Gasteiger partial charge >= 0.3 is 5.97 Å². The van der Waals surface area contributed by atoms with Gasteiger partial charge in [-0.15, -0.1) is 11.8 Å². The number of nitrogen functional groups attached to an aromatic ring is 1. The number of ether oxygens (including phenoxy) is 2. The molecule has 134 valence electrons. The van der Waals surface area contributed by atoms with Crippen molar-refractivity contribution in [1.29, 1.82) is 0 Å². The van der Waals surface area contributed by atoms with Gasteiger partial charge in [-0.1, -0.05) is 25.1 Å². The van der Waals surface area contributed by atoms with Crippen LogP contribution in [0, 0.1) is 0 Å². The lowest BCUT2D eigenvalue weighted by Crippen LogP contribution is -2.27. The van der Waals surface area contributed by atoms with Crippen molar-refractivity contribution in [3.63, 3.8) is 0 Å². The first-order chi connectivity index (χ1) is 12.0.